The average molecular weight is 345 g/mol. The number of aliphatic hydroxyl groups excluding tert-OH is 1. The quantitative estimate of drug-likeness (QED) is 0.834. The third-order valence-corrected chi connectivity index (χ3v) is 4.80. The van der Waals surface area contributed by atoms with Crippen LogP contribution < -0.4 is 4.90 Å². The van der Waals surface area contributed by atoms with E-state index in [1.807, 2.05) is 45.0 Å². The highest BCUT2D eigenvalue weighted by atomic mass is 16.3. The van der Waals surface area contributed by atoms with Crippen LogP contribution in [-0.2, 0) is 9.59 Å². The number of anilines is 1. The van der Waals surface area contributed by atoms with E-state index in [4.69, 9.17) is 0 Å². The van der Waals surface area contributed by atoms with Crippen molar-refractivity contribution in [2.75, 3.05) is 44.2 Å². The summed E-state index contributed by atoms with van der Waals surface area (Å²) in [5, 5.41) is 9.75. The van der Waals surface area contributed by atoms with Crippen molar-refractivity contribution < 1.29 is 14.7 Å². The Morgan fingerprint density at radius 2 is 1.72 bits per heavy atom. The fraction of sp³-hybridized carbons (Fsp3) is 0.579. The number of carbonyl (C=O) groups excluding carboxylic acids is 2. The van der Waals surface area contributed by atoms with Gasteiger partial charge in [0.05, 0.1) is 12.6 Å². The molecule has 1 aromatic rings. The van der Waals surface area contributed by atoms with Crippen molar-refractivity contribution in [3.63, 3.8) is 0 Å². The second-order valence-electron chi connectivity index (χ2n) is 7.05. The summed E-state index contributed by atoms with van der Waals surface area (Å²) in [6.45, 7) is 4.82. The molecule has 0 unspecified atom stereocenters. The van der Waals surface area contributed by atoms with Crippen LogP contribution in [0.3, 0.4) is 0 Å². The number of nitrogens with zero attached hydrogens (tertiary/aromatic N) is 3. The molecule has 1 aliphatic carbocycles. The first-order valence-corrected chi connectivity index (χ1v) is 9.09. The summed E-state index contributed by atoms with van der Waals surface area (Å²) in [6.07, 6.45) is 1.52. The predicted molar refractivity (Wildman–Crippen MR) is 96.2 cm³/mol. The molecule has 1 N–H and O–H groups in total. The number of para-hydroxylation sites is 1. The number of carbonyl (C=O) groups is 2. The minimum Gasteiger partial charge on any atom is -0.392 e. The Bertz CT molecular complexity index is 593. The van der Waals surface area contributed by atoms with E-state index < -0.39 is 6.10 Å². The van der Waals surface area contributed by atoms with Crippen LogP contribution in [0.15, 0.2) is 30.3 Å². The van der Waals surface area contributed by atoms with E-state index in [2.05, 4.69) is 0 Å². The zero-order chi connectivity index (χ0) is 17.8. The van der Waals surface area contributed by atoms with E-state index in [1.165, 1.54) is 0 Å². The molecule has 0 spiro atoms. The summed E-state index contributed by atoms with van der Waals surface area (Å²) in [4.78, 5) is 30.4. The molecule has 1 heterocycles. The molecular formula is C19H27N3O3. The van der Waals surface area contributed by atoms with Gasteiger partial charge < -0.3 is 19.8 Å². The van der Waals surface area contributed by atoms with E-state index in [-0.39, 0.29) is 24.3 Å². The Morgan fingerprint density at radius 1 is 1.12 bits per heavy atom. The Kier molecular flexibility index (Phi) is 5.58. The molecule has 6 nitrogen and oxygen atoms in total. The van der Waals surface area contributed by atoms with E-state index in [9.17, 15) is 14.7 Å². The van der Waals surface area contributed by atoms with Gasteiger partial charge in [-0.2, -0.15) is 0 Å². The molecule has 2 amide bonds. The molecule has 3 rings (SSSR count). The maximum Gasteiger partial charge on any atom is 0.242 e. The molecule has 0 aromatic heterocycles. The predicted octanol–water partition coefficient (Wildman–Crippen LogP) is 0.955. The van der Waals surface area contributed by atoms with Gasteiger partial charge in [-0.1, -0.05) is 18.2 Å². The lowest BCUT2D eigenvalue weighted by atomic mass is 10.2. The number of rotatable bonds is 6. The lowest BCUT2D eigenvalue weighted by Gasteiger charge is -2.36. The van der Waals surface area contributed by atoms with Crippen molar-refractivity contribution in [1.82, 2.24) is 9.80 Å². The topological polar surface area (TPSA) is 64.1 Å². The number of hydrogen-bond acceptors (Lipinski definition) is 4. The molecule has 1 aromatic carbocycles. The van der Waals surface area contributed by atoms with Crippen molar-refractivity contribution in [2.45, 2.75) is 25.9 Å². The monoisotopic (exact) mass is 345 g/mol. The van der Waals surface area contributed by atoms with Crippen LogP contribution in [0.2, 0.25) is 0 Å². The minimum absolute atomic E-state index is 0.0445. The standard InChI is InChI=1S/C19H27N3O3/c1-15(23)13-22(17-5-3-2-4-6-17)14-18(24)20-9-11-21(12-10-20)19(25)16-7-8-16/h2-6,15-16,23H,7-14H2,1H3/t15-/m1/s1. The maximum atomic E-state index is 12.7. The lowest BCUT2D eigenvalue weighted by molar-refractivity contribution is -0.139. The fourth-order valence-corrected chi connectivity index (χ4v) is 3.25. The highest BCUT2D eigenvalue weighted by Crippen LogP contribution is 2.31. The number of amides is 2. The Labute approximate surface area is 149 Å². The number of aliphatic hydroxyl groups is 1. The van der Waals surface area contributed by atoms with Crippen molar-refractivity contribution in [2.24, 2.45) is 5.92 Å². The van der Waals surface area contributed by atoms with Crippen molar-refractivity contribution in [3.05, 3.63) is 30.3 Å². The van der Waals surface area contributed by atoms with E-state index in [0.29, 0.717) is 32.7 Å². The summed E-state index contributed by atoms with van der Waals surface area (Å²) in [6, 6.07) is 9.68. The van der Waals surface area contributed by atoms with Crippen molar-refractivity contribution in [1.29, 1.82) is 0 Å². The largest absolute Gasteiger partial charge is 0.392 e. The van der Waals surface area contributed by atoms with Crippen LogP contribution in [0.5, 0.6) is 0 Å². The Balaban J connectivity index is 1.55. The number of hydrogen-bond donors (Lipinski definition) is 1. The van der Waals surface area contributed by atoms with Gasteiger partial charge in [0.2, 0.25) is 11.8 Å². The zero-order valence-electron chi connectivity index (χ0n) is 14.8. The Morgan fingerprint density at radius 3 is 2.28 bits per heavy atom. The first kappa shape index (κ1) is 17.7. The van der Waals surface area contributed by atoms with Crippen LogP contribution >= 0.6 is 0 Å². The first-order chi connectivity index (χ1) is 12.0. The van der Waals surface area contributed by atoms with E-state index in [0.717, 1.165) is 18.5 Å². The van der Waals surface area contributed by atoms with Gasteiger partial charge in [0.1, 0.15) is 0 Å². The lowest BCUT2D eigenvalue weighted by Crippen LogP contribution is -2.53. The highest BCUT2D eigenvalue weighted by molar-refractivity contribution is 5.83. The average Bonchev–Trinajstić information content (AvgIpc) is 3.46. The third kappa shape index (κ3) is 4.72. The molecule has 136 valence electrons. The van der Waals surface area contributed by atoms with Crippen molar-refractivity contribution >= 4 is 17.5 Å². The molecule has 0 bridgehead atoms. The molecule has 25 heavy (non-hydrogen) atoms. The van der Waals surface area contributed by atoms with E-state index >= 15 is 0 Å². The molecule has 2 aliphatic rings. The fourth-order valence-electron chi connectivity index (χ4n) is 3.25. The summed E-state index contributed by atoms with van der Waals surface area (Å²) >= 11 is 0. The third-order valence-electron chi connectivity index (χ3n) is 4.80. The van der Waals surface area contributed by atoms with Crippen LogP contribution in [0.1, 0.15) is 19.8 Å². The van der Waals surface area contributed by atoms with Crippen LogP contribution in [-0.4, -0.2) is 72.1 Å². The molecule has 1 saturated carbocycles. The van der Waals surface area contributed by atoms with Gasteiger partial charge in [0.25, 0.3) is 0 Å². The number of piperazine rings is 1. The summed E-state index contributed by atoms with van der Waals surface area (Å²) in [5.74, 6) is 0.539. The van der Waals surface area contributed by atoms with Crippen LogP contribution in [0, 0.1) is 5.92 Å². The normalized spacial score (nSPS) is 18.8. The number of benzene rings is 1. The summed E-state index contributed by atoms with van der Waals surface area (Å²) in [5.41, 5.74) is 0.930. The van der Waals surface area contributed by atoms with Gasteiger partial charge >= 0.3 is 0 Å². The molecular weight excluding hydrogens is 318 g/mol. The molecule has 6 heteroatoms. The molecule has 1 saturated heterocycles. The maximum absolute atomic E-state index is 12.7. The van der Waals surface area contributed by atoms with E-state index in [1.54, 1.807) is 6.92 Å². The highest BCUT2D eigenvalue weighted by Gasteiger charge is 2.35. The van der Waals surface area contributed by atoms with Gasteiger partial charge in [0, 0.05) is 44.3 Å². The van der Waals surface area contributed by atoms with Gasteiger partial charge in [-0.15, -0.1) is 0 Å². The SMILES string of the molecule is C[C@@H](O)CN(CC(=O)N1CCN(C(=O)C2CC2)CC1)c1ccccc1. The summed E-state index contributed by atoms with van der Waals surface area (Å²) in [7, 11) is 0. The molecule has 1 atom stereocenters. The van der Waals surface area contributed by atoms with Crippen LogP contribution in [0.4, 0.5) is 5.69 Å². The first-order valence-electron chi connectivity index (χ1n) is 9.09. The van der Waals surface area contributed by atoms with Gasteiger partial charge in [0.15, 0.2) is 0 Å². The Hall–Kier alpha value is -2.08. The van der Waals surface area contributed by atoms with Gasteiger partial charge in [-0.05, 0) is 31.9 Å². The minimum atomic E-state index is -0.513. The van der Waals surface area contributed by atoms with Crippen molar-refractivity contribution in [3.8, 4) is 0 Å². The summed E-state index contributed by atoms with van der Waals surface area (Å²) < 4.78 is 0. The van der Waals surface area contributed by atoms with Gasteiger partial charge in [-0.25, -0.2) is 0 Å². The zero-order valence-corrected chi connectivity index (χ0v) is 14.8. The van der Waals surface area contributed by atoms with Gasteiger partial charge in [-0.3, -0.25) is 9.59 Å². The van der Waals surface area contributed by atoms with Crippen LogP contribution in [0.25, 0.3) is 0 Å². The second-order valence-corrected chi connectivity index (χ2v) is 7.05. The molecule has 1 aliphatic heterocycles. The second kappa shape index (κ2) is 7.87. The molecule has 0 radical (unpaired) electrons. The molecule has 2 fully saturated rings. The smallest absolute Gasteiger partial charge is 0.242 e.